The van der Waals surface area contributed by atoms with Gasteiger partial charge in [0.2, 0.25) is 0 Å². The van der Waals surface area contributed by atoms with E-state index in [0.717, 1.165) is 54.0 Å². The van der Waals surface area contributed by atoms with E-state index in [1.54, 1.807) is 6.33 Å². The van der Waals surface area contributed by atoms with E-state index in [1.807, 2.05) is 42.6 Å². The number of hydrogen-bond donors (Lipinski definition) is 2. The second kappa shape index (κ2) is 7.54. The van der Waals surface area contributed by atoms with E-state index in [1.165, 1.54) is 5.56 Å². The predicted molar refractivity (Wildman–Crippen MR) is 115 cm³/mol. The molecule has 2 aromatic heterocycles. The first-order chi connectivity index (χ1) is 14.3. The summed E-state index contributed by atoms with van der Waals surface area (Å²) in [4.78, 5) is 26.8. The molecular formula is C23H23N5O. The zero-order valence-electron chi connectivity index (χ0n) is 16.1. The summed E-state index contributed by atoms with van der Waals surface area (Å²) in [5.74, 6) is 1.37. The molecule has 0 bridgehead atoms. The molecule has 1 amide bonds. The summed E-state index contributed by atoms with van der Waals surface area (Å²) >= 11 is 0. The Kier molecular flexibility index (Phi) is 4.60. The number of carbonyl (C=O) groups is 1. The molecular weight excluding hydrogens is 362 g/mol. The van der Waals surface area contributed by atoms with Crippen molar-refractivity contribution in [1.82, 2.24) is 15.0 Å². The molecule has 1 atom stereocenters. The summed E-state index contributed by atoms with van der Waals surface area (Å²) in [6.45, 7) is 1.90. The van der Waals surface area contributed by atoms with E-state index in [0.29, 0.717) is 12.3 Å². The van der Waals surface area contributed by atoms with Crippen molar-refractivity contribution in [3.63, 3.8) is 0 Å². The van der Waals surface area contributed by atoms with Gasteiger partial charge < -0.3 is 15.2 Å². The second-order valence-electron chi connectivity index (χ2n) is 7.63. The fourth-order valence-corrected chi connectivity index (χ4v) is 4.25. The van der Waals surface area contributed by atoms with Gasteiger partial charge in [-0.2, -0.15) is 0 Å². The number of aromatic nitrogens is 3. The van der Waals surface area contributed by atoms with Crippen molar-refractivity contribution in [2.45, 2.75) is 25.2 Å². The van der Waals surface area contributed by atoms with Crippen LogP contribution in [0.1, 0.15) is 30.7 Å². The summed E-state index contributed by atoms with van der Waals surface area (Å²) in [6.07, 6.45) is 12.3. The molecule has 0 saturated carbocycles. The standard InChI is InChI=1S/C23H23N5O/c29-23(16-5-1-2-6-16)27-19-9-3-7-17(13-19)18-8-4-12-28(14-18)22-20-10-11-24-21(20)25-15-26-22/h1-3,5,7,9-11,13,15,18H,4,6,8,12,14H2,(H,27,29)(H,24,25,26). The maximum atomic E-state index is 12.4. The van der Waals surface area contributed by atoms with Crippen LogP contribution in [0, 0.1) is 0 Å². The molecule has 1 fully saturated rings. The van der Waals surface area contributed by atoms with Crippen LogP contribution in [-0.2, 0) is 4.79 Å². The largest absolute Gasteiger partial charge is 0.355 e. The number of allylic oxidation sites excluding steroid dienone is 3. The first kappa shape index (κ1) is 17.7. The van der Waals surface area contributed by atoms with Crippen LogP contribution < -0.4 is 10.2 Å². The number of benzene rings is 1. The van der Waals surface area contributed by atoms with E-state index in [4.69, 9.17) is 0 Å². The molecule has 1 saturated heterocycles. The minimum absolute atomic E-state index is 0.0201. The molecule has 0 radical (unpaired) electrons. The Morgan fingerprint density at radius 3 is 3.10 bits per heavy atom. The Bertz CT molecular complexity index is 1110. The molecule has 1 unspecified atom stereocenters. The lowest BCUT2D eigenvalue weighted by Crippen LogP contribution is -2.35. The lowest BCUT2D eigenvalue weighted by Gasteiger charge is -2.34. The predicted octanol–water partition coefficient (Wildman–Crippen LogP) is 4.17. The van der Waals surface area contributed by atoms with E-state index >= 15 is 0 Å². The molecule has 1 aromatic carbocycles. The van der Waals surface area contributed by atoms with Crippen molar-refractivity contribution >= 4 is 28.4 Å². The molecule has 3 heterocycles. The molecule has 6 heteroatoms. The van der Waals surface area contributed by atoms with Crippen LogP contribution in [0.5, 0.6) is 0 Å². The number of aromatic amines is 1. The van der Waals surface area contributed by atoms with Crippen LogP contribution in [0.15, 0.2) is 66.7 Å². The number of nitrogens with zero attached hydrogens (tertiary/aromatic N) is 3. The average molecular weight is 385 g/mol. The lowest BCUT2D eigenvalue weighted by molar-refractivity contribution is -0.112. The first-order valence-electron chi connectivity index (χ1n) is 10.1. The van der Waals surface area contributed by atoms with Crippen molar-refractivity contribution in [3.8, 4) is 0 Å². The maximum absolute atomic E-state index is 12.4. The molecule has 2 aliphatic rings. The Morgan fingerprint density at radius 2 is 2.21 bits per heavy atom. The third-order valence-corrected chi connectivity index (χ3v) is 5.73. The van der Waals surface area contributed by atoms with Gasteiger partial charge in [0.15, 0.2) is 0 Å². The van der Waals surface area contributed by atoms with E-state index in [9.17, 15) is 4.79 Å². The van der Waals surface area contributed by atoms with Crippen molar-refractivity contribution in [3.05, 3.63) is 72.2 Å². The van der Waals surface area contributed by atoms with Crippen LogP contribution in [0.3, 0.4) is 0 Å². The number of carbonyl (C=O) groups excluding carboxylic acids is 1. The average Bonchev–Trinajstić information content (AvgIpc) is 3.46. The number of fused-ring (bicyclic) bond motifs is 1. The highest BCUT2D eigenvalue weighted by Crippen LogP contribution is 2.32. The minimum atomic E-state index is -0.0201. The topological polar surface area (TPSA) is 73.9 Å². The molecule has 2 N–H and O–H groups in total. The summed E-state index contributed by atoms with van der Waals surface area (Å²) in [5, 5.41) is 4.10. The summed E-state index contributed by atoms with van der Waals surface area (Å²) in [7, 11) is 0. The Balaban J connectivity index is 1.34. The minimum Gasteiger partial charge on any atom is -0.355 e. The number of amides is 1. The summed E-state index contributed by atoms with van der Waals surface area (Å²) < 4.78 is 0. The molecule has 146 valence electrons. The van der Waals surface area contributed by atoms with Crippen LogP contribution in [0.2, 0.25) is 0 Å². The highest BCUT2D eigenvalue weighted by atomic mass is 16.1. The highest BCUT2D eigenvalue weighted by molar-refractivity contribution is 6.04. The van der Waals surface area contributed by atoms with Gasteiger partial charge in [-0.25, -0.2) is 9.97 Å². The second-order valence-corrected chi connectivity index (χ2v) is 7.63. The van der Waals surface area contributed by atoms with Crippen molar-refractivity contribution in [2.24, 2.45) is 0 Å². The van der Waals surface area contributed by atoms with Gasteiger partial charge in [0.25, 0.3) is 5.91 Å². The van der Waals surface area contributed by atoms with Gasteiger partial charge in [0.1, 0.15) is 17.8 Å². The number of anilines is 2. The van der Waals surface area contributed by atoms with Gasteiger partial charge in [-0.15, -0.1) is 0 Å². The van der Waals surface area contributed by atoms with E-state index in [-0.39, 0.29) is 5.91 Å². The number of rotatable bonds is 4. The van der Waals surface area contributed by atoms with Gasteiger partial charge in [-0.1, -0.05) is 30.4 Å². The normalized spacial score (nSPS) is 18.8. The SMILES string of the molecule is O=C(Nc1cccc(C2CCCN(c3ncnc4[nH]ccc34)C2)c1)C1=CC=CC1. The van der Waals surface area contributed by atoms with E-state index in [2.05, 4.69) is 37.3 Å². The van der Waals surface area contributed by atoms with Gasteiger partial charge in [-0.05, 0) is 43.0 Å². The van der Waals surface area contributed by atoms with Crippen LogP contribution in [0.4, 0.5) is 11.5 Å². The summed E-state index contributed by atoms with van der Waals surface area (Å²) in [5.41, 5.74) is 3.79. The Labute approximate surface area is 169 Å². The van der Waals surface area contributed by atoms with Crippen molar-refractivity contribution in [1.29, 1.82) is 0 Å². The van der Waals surface area contributed by atoms with Gasteiger partial charge in [0, 0.05) is 36.5 Å². The number of piperidine rings is 1. The Morgan fingerprint density at radius 1 is 1.24 bits per heavy atom. The van der Waals surface area contributed by atoms with Gasteiger partial charge in [0.05, 0.1) is 5.39 Å². The third kappa shape index (κ3) is 3.53. The number of H-pyrrole nitrogens is 1. The number of hydrogen-bond acceptors (Lipinski definition) is 4. The molecule has 29 heavy (non-hydrogen) atoms. The fraction of sp³-hybridized carbons (Fsp3) is 0.261. The molecule has 6 nitrogen and oxygen atoms in total. The zero-order valence-corrected chi connectivity index (χ0v) is 16.1. The smallest absolute Gasteiger partial charge is 0.251 e. The molecule has 3 aromatic rings. The van der Waals surface area contributed by atoms with Gasteiger partial charge >= 0.3 is 0 Å². The molecule has 1 aliphatic carbocycles. The molecule has 1 aliphatic heterocycles. The fourth-order valence-electron chi connectivity index (χ4n) is 4.25. The summed E-state index contributed by atoms with van der Waals surface area (Å²) in [6, 6.07) is 10.3. The third-order valence-electron chi connectivity index (χ3n) is 5.73. The maximum Gasteiger partial charge on any atom is 0.251 e. The zero-order chi connectivity index (χ0) is 19.6. The Hall–Kier alpha value is -3.41. The lowest BCUT2D eigenvalue weighted by atomic mass is 9.90. The van der Waals surface area contributed by atoms with Crippen LogP contribution in [0.25, 0.3) is 11.0 Å². The van der Waals surface area contributed by atoms with Crippen LogP contribution in [-0.4, -0.2) is 33.9 Å². The van der Waals surface area contributed by atoms with Crippen LogP contribution >= 0.6 is 0 Å². The number of nitrogens with one attached hydrogen (secondary N) is 2. The van der Waals surface area contributed by atoms with Gasteiger partial charge in [-0.3, -0.25) is 4.79 Å². The van der Waals surface area contributed by atoms with Crippen molar-refractivity contribution < 1.29 is 4.79 Å². The highest BCUT2D eigenvalue weighted by Gasteiger charge is 2.24. The van der Waals surface area contributed by atoms with E-state index < -0.39 is 0 Å². The monoisotopic (exact) mass is 385 g/mol. The quantitative estimate of drug-likeness (QED) is 0.707. The molecule has 0 spiro atoms. The first-order valence-corrected chi connectivity index (χ1v) is 10.1. The van der Waals surface area contributed by atoms with Crippen molar-refractivity contribution in [2.75, 3.05) is 23.3 Å². The molecule has 5 rings (SSSR count).